The molecule has 0 fully saturated rings. The van der Waals surface area contributed by atoms with Crippen LogP contribution in [0, 0.1) is 0 Å². The van der Waals surface area contributed by atoms with E-state index < -0.39 is 11.7 Å². The van der Waals surface area contributed by atoms with Crippen molar-refractivity contribution in [1.82, 2.24) is 0 Å². The third-order valence-corrected chi connectivity index (χ3v) is 3.21. The zero-order chi connectivity index (χ0) is 15.7. The number of para-hydroxylation sites is 1. The maximum Gasteiger partial charge on any atom is 0.419 e. The molecule has 3 rings (SSSR count). The molecule has 2 aromatic carbocycles. The monoisotopic (exact) mass is 308 g/mol. The first-order valence-corrected chi connectivity index (χ1v) is 6.43. The highest BCUT2D eigenvalue weighted by atomic mass is 19.4. The minimum Gasteiger partial charge on any atom is -0.508 e. The van der Waals surface area contributed by atoms with Crippen molar-refractivity contribution in [2.24, 2.45) is 0 Å². The van der Waals surface area contributed by atoms with Crippen LogP contribution in [0.1, 0.15) is 11.1 Å². The molecule has 1 aromatic heterocycles. The highest BCUT2D eigenvalue weighted by molar-refractivity contribution is 5.82. The lowest BCUT2D eigenvalue weighted by atomic mass is 10.1. The minimum atomic E-state index is -4.47. The lowest BCUT2D eigenvalue weighted by molar-refractivity contribution is -0.139. The lowest BCUT2D eigenvalue weighted by Gasteiger charge is -2.13. The fraction of sp³-hybridized carbons (Fsp3) is 0.125. The Bertz CT molecular complexity index is 806. The van der Waals surface area contributed by atoms with Crippen molar-refractivity contribution in [1.29, 1.82) is 0 Å². The Balaban J connectivity index is 1.86. The van der Waals surface area contributed by atoms with Crippen LogP contribution < -0.4 is 4.74 Å². The number of benzene rings is 2. The van der Waals surface area contributed by atoms with Crippen LogP contribution in [0.3, 0.4) is 0 Å². The van der Waals surface area contributed by atoms with Crippen molar-refractivity contribution in [3.63, 3.8) is 0 Å². The Hall–Kier alpha value is -2.63. The van der Waals surface area contributed by atoms with Gasteiger partial charge in [0.05, 0.1) is 11.8 Å². The van der Waals surface area contributed by atoms with E-state index in [1.807, 2.05) is 0 Å². The van der Waals surface area contributed by atoms with Gasteiger partial charge in [-0.25, -0.2) is 0 Å². The van der Waals surface area contributed by atoms with Gasteiger partial charge in [0.25, 0.3) is 0 Å². The van der Waals surface area contributed by atoms with Gasteiger partial charge < -0.3 is 14.3 Å². The second-order valence-electron chi connectivity index (χ2n) is 4.72. The molecule has 0 aliphatic carbocycles. The Labute approximate surface area is 123 Å². The second-order valence-corrected chi connectivity index (χ2v) is 4.72. The average Bonchev–Trinajstić information content (AvgIpc) is 2.86. The predicted molar refractivity (Wildman–Crippen MR) is 73.7 cm³/mol. The molecule has 0 amide bonds. The molecule has 0 spiro atoms. The average molecular weight is 308 g/mol. The molecule has 3 aromatic rings. The van der Waals surface area contributed by atoms with Gasteiger partial charge in [-0.2, -0.15) is 13.2 Å². The maximum absolute atomic E-state index is 12.9. The number of hydrogen-bond donors (Lipinski definition) is 1. The summed E-state index contributed by atoms with van der Waals surface area (Å²) in [4.78, 5) is 0. The third-order valence-electron chi connectivity index (χ3n) is 3.21. The summed E-state index contributed by atoms with van der Waals surface area (Å²) in [6.45, 7) is -0.0646. The van der Waals surface area contributed by atoms with Gasteiger partial charge in [-0.1, -0.05) is 12.1 Å². The summed E-state index contributed by atoms with van der Waals surface area (Å²) in [5.41, 5.74) is 0.232. The zero-order valence-corrected chi connectivity index (χ0v) is 11.2. The highest BCUT2D eigenvalue weighted by Crippen LogP contribution is 2.36. The second kappa shape index (κ2) is 5.29. The van der Waals surface area contributed by atoms with E-state index in [-0.39, 0.29) is 18.1 Å². The number of rotatable bonds is 3. The van der Waals surface area contributed by atoms with Gasteiger partial charge in [-0.15, -0.1) is 0 Å². The van der Waals surface area contributed by atoms with Crippen molar-refractivity contribution in [2.75, 3.05) is 0 Å². The van der Waals surface area contributed by atoms with Crippen LogP contribution in [0.4, 0.5) is 13.2 Å². The van der Waals surface area contributed by atoms with Crippen LogP contribution in [0.5, 0.6) is 11.5 Å². The SMILES string of the molecule is Oc1ccc2c(COc3ccccc3C(F)(F)F)coc2c1. The van der Waals surface area contributed by atoms with Gasteiger partial charge in [0.1, 0.15) is 23.7 Å². The van der Waals surface area contributed by atoms with E-state index in [0.29, 0.717) is 16.5 Å². The number of ether oxygens (including phenoxy) is 1. The molecule has 0 radical (unpaired) electrons. The van der Waals surface area contributed by atoms with Gasteiger partial charge in [-0.3, -0.25) is 0 Å². The number of fused-ring (bicyclic) bond motifs is 1. The Morgan fingerprint density at radius 1 is 1.09 bits per heavy atom. The number of alkyl halides is 3. The van der Waals surface area contributed by atoms with Gasteiger partial charge in [-0.05, 0) is 24.3 Å². The van der Waals surface area contributed by atoms with Crippen LogP contribution in [-0.2, 0) is 12.8 Å². The Kier molecular flexibility index (Phi) is 3.44. The fourth-order valence-electron chi connectivity index (χ4n) is 2.17. The summed E-state index contributed by atoms with van der Waals surface area (Å²) in [6.07, 6.45) is -3.07. The predicted octanol–water partition coefficient (Wildman–Crippen LogP) is 4.74. The molecule has 0 atom stereocenters. The van der Waals surface area contributed by atoms with Gasteiger partial charge >= 0.3 is 6.18 Å². The van der Waals surface area contributed by atoms with E-state index in [0.717, 1.165) is 6.07 Å². The number of aromatic hydroxyl groups is 1. The first kappa shape index (κ1) is 14.3. The molecule has 0 aliphatic rings. The van der Waals surface area contributed by atoms with E-state index in [9.17, 15) is 18.3 Å². The quantitative estimate of drug-likeness (QED) is 0.760. The summed E-state index contributed by atoms with van der Waals surface area (Å²) in [5.74, 6) is -0.181. The Morgan fingerprint density at radius 3 is 2.64 bits per heavy atom. The molecule has 3 nitrogen and oxygen atoms in total. The van der Waals surface area contributed by atoms with Gasteiger partial charge in [0, 0.05) is 17.0 Å². The van der Waals surface area contributed by atoms with Crippen LogP contribution in [0.25, 0.3) is 11.0 Å². The number of phenols is 1. The lowest BCUT2D eigenvalue weighted by Crippen LogP contribution is -2.08. The molecule has 0 saturated carbocycles. The molecule has 0 saturated heterocycles. The van der Waals surface area contributed by atoms with Crippen molar-refractivity contribution >= 4 is 11.0 Å². The van der Waals surface area contributed by atoms with E-state index in [1.54, 1.807) is 6.07 Å². The molecule has 1 heterocycles. The van der Waals surface area contributed by atoms with E-state index in [4.69, 9.17) is 9.15 Å². The number of halogens is 3. The summed E-state index contributed by atoms with van der Waals surface area (Å²) >= 11 is 0. The molecular weight excluding hydrogens is 297 g/mol. The highest BCUT2D eigenvalue weighted by Gasteiger charge is 2.34. The largest absolute Gasteiger partial charge is 0.508 e. The van der Waals surface area contributed by atoms with E-state index >= 15 is 0 Å². The van der Waals surface area contributed by atoms with Gasteiger partial charge in [0.15, 0.2) is 0 Å². The smallest absolute Gasteiger partial charge is 0.419 e. The molecule has 6 heteroatoms. The molecular formula is C16H11F3O3. The number of hydrogen-bond acceptors (Lipinski definition) is 3. The van der Waals surface area contributed by atoms with Crippen LogP contribution >= 0.6 is 0 Å². The molecule has 114 valence electrons. The summed E-state index contributed by atoms with van der Waals surface area (Å²) in [7, 11) is 0. The molecule has 0 unspecified atom stereocenters. The minimum absolute atomic E-state index is 0.0525. The standard InChI is InChI=1S/C16H11F3O3/c17-16(18,19)13-3-1-2-4-14(13)21-8-10-9-22-15-7-11(20)5-6-12(10)15/h1-7,9,20H,8H2. The van der Waals surface area contributed by atoms with E-state index in [2.05, 4.69) is 0 Å². The van der Waals surface area contributed by atoms with Crippen molar-refractivity contribution in [2.45, 2.75) is 12.8 Å². The topological polar surface area (TPSA) is 42.6 Å². The normalized spacial score (nSPS) is 11.8. The summed E-state index contributed by atoms with van der Waals surface area (Å²) in [5, 5.41) is 10.0. The Morgan fingerprint density at radius 2 is 1.86 bits per heavy atom. The third kappa shape index (κ3) is 2.72. The van der Waals surface area contributed by atoms with Gasteiger partial charge in [0.2, 0.25) is 0 Å². The van der Waals surface area contributed by atoms with Crippen LogP contribution in [0.2, 0.25) is 0 Å². The molecule has 1 N–H and O–H groups in total. The molecule has 0 bridgehead atoms. The summed E-state index contributed by atoms with van der Waals surface area (Å²) < 4.78 is 49.2. The van der Waals surface area contributed by atoms with Crippen molar-refractivity contribution in [3.05, 3.63) is 59.9 Å². The van der Waals surface area contributed by atoms with E-state index in [1.165, 1.54) is 36.6 Å². The molecule has 0 aliphatic heterocycles. The van der Waals surface area contributed by atoms with Crippen LogP contribution in [-0.4, -0.2) is 5.11 Å². The van der Waals surface area contributed by atoms with Crippen LogP contribution in [0.15, 0.2) is 53.1 Å². The number of phenolic OH excluding ortho intramolecular Hbond substituents is 1. The van der Waals surface area contributed by atoms with Crippen molar-refractivity contribution < 1.29 is 27.4 Å². The number of furan rings is 1. The first-order chi connectivity index (χ1) is 10.4. The fourth-order valence-corrected chi connectivity index (χ4v) is 2.17. The summed E-state index contributed by atoms with van der Waals surface area (Å²) in [6, 6.07) is 9.58. The first-order valence-electron chi connectivity index (χ1n) is 6.43. The molecule has 22 heavy (non-hydrogen) atoms. The maximum atomic E-state index is 12.9. The van der Waals surface area contributed by atoms with Crippen molar-refractivity contribution in [3.8, 4) is 11.5 Å². The zero-order valence-electron chi connectivity index (χ0n) is 11.2.